The van der Waals surface area contributed by atoms with E-state index in [0.717, 1.165) is 5.56 Å². The van der Waals surface area contributed by atoms with E-state index in [9.17, 15) is 9.59 Å². The van der Waals surface area contributed by atoms with Crippen LogP contribution in [0.15, 0.2) is 36.9 Å². The zero-order chi connectivity index (χ0) is 18.4. The molecule has 3 heterocycles. The van der Waals surface area contributed by atoms with Crippen molar-refractivity contribution in [1.29, 1.82) is 0 Å². The largest absolute Gasteiger partial charge is 0.450 e. The molecule has 8 heteroatoms. The van der Waals surface area contributed by atoms with Crippen LogP contribution in [-0.2, 0) is 4.74 Å². The lowest BCUT2D eigenvalue weighted by Gasteiger charge is -2.31. The van der Waals surface area contributed by atoms with E-state index >= 15 is 0 Å². The van der Waals surface area contributed by atoms with Gasteiger partial charge in [0.15, 0.2) is 5.82 Å². The van der Waals surface area contributed by atoms with Gasteiger partial charge < -0.3 is 15.0 Å². The number of hydrogen-bond acceptors (Lipinski definition) is 6. The average Bonchev–Trinajstić information content (AvgIpc) is 2.69. The predicted molar refractivity (Wildman–Crippen MR) is 94.3 cm³/mol. The van der Waals surface area contributed by atoms with Crippen molar-refractivity contribution in [3.63, 3.8) is 0 Å². The van der Waals surface area contributed by atoms with Crippen LogP contribution in [0.5, 0.6) is 0 Å². The Morgan fingerprint density at radius 1 is 1.23 bits per heavy atom. The molecule has 8 nitrogen and oxygen atoms in total. The van der Waals surface area contributed by atoms with Crippen molar-refractivity contribution in [1.82, 2.24) is 25.2 Å². The van der Waals surface area contributed by atoms with E-state index in [-0.39, 0.29) is 18.0 Å². The molecule has 0 aromatic carbocycles. The van der Waals surface area contributed by atoms with Crippen LogP contribution >= 0.6 is 0 Å². The van der Waals surface area contributed by atoms with Crippen LogP contribution in [-0.4, -0.2) is 57.6 Å². The van der Waals surface area contributed by atoms with Gasteiger partial charge in [-0.15, -0.1) is 0 Å². The molecule has 26 heavy (non-hydrogen) atoms. The van der Waals surface area contributed by atoms with E-state index in [2.05, 4.69) is 20.3 Å². The Morgan fingerprint density at radius 3 is 2.58 bits per heavy atom. The van der Waals surface area contributed by atoms with Crippen LogP contribution in [0.4, 0.5) is 4.79 Å². The van der Waals surface area contributed by atoms with Gasteiger partial charge in [0.05, 0.1) is 12.2 Å². The normalized spacial score (nSPS) is 14.7. The summed E-state index contributed by atoms with van der Waals surface area (Å²) in [4.78, 5) is 38.2. The molecule has 0 unspecified atom stereocenters. The monoisotopic (exact) mass is 355 g/mol. The first kappa shape index (κ1) is 17.8. The second kappa shape index (κ2) is 8.37. The van der Waals surface area contributed by atoms with Gasteiger partial charge in [-0.05, 0) is 31.9 Å². The molecule has 2 aromatic heterocycles. The minimum absolute atomic E-state index is 0.0196. The fourth-order valence-corrected chi connectivity index (χ4v) is 2.78. The predicted octanol–water partition coefficient (Wildman–Crippen LogP) is 1.89. The first-order chi connectivity index (χ1) is 12.7. The number of nitrogens with one attached hydrogen (secondary N) is 1. The summed E-state index contributed by atoms with van der Waals surface area (Å²) in [6.45, 7) is 3.29. The molecule has 1 saturated heterocycles. The zero-order valence-electron chi connectivity index (χ0n) is 14.6. The van der Waals surface area contributed by atoms with E-state index in [1.165, 1.54) is 12.4 Å². The summed E-state index contributed by atoms with van der Waals surface area (Å²) in [6.07, 6.45) is 7.47. The number of rotatable bonds is 4. The number of pyridine rings is 1. The smallest absolute Gasteiger partial charge is 0.409 e. The zero-order valence-corrected chi connectivity index (χ0v) is 14.6. The number of carbonyl (C=O) groups is 2. The van der Waals surface area contributed by atoms with E-state index in [1.807, 2.05) is 12.1 Å². The molecular formula is C18H21N5O3. The molecule has 3 rings (SSSR count). The molecule has 0 saturated carbocycles. The Hall–Kier alpha value is -3.03. The van der Waals surface area contributed by atoms with Gasteiger partial charge >= 0.3 is 6.09 Å². The van der Waals surface area contributed by atoms with Crippen molar-refractivity contribution in [2.45, 2.75) is 25.8 Å². The van der Waals surface area contributed by atoms with Gasteiger partial charge in [0.2, 0.25) is 0 Å². The SMILES string of the molecule is CCOC(=O)N1CCC(NC(=O)c2cnc(-c3cccnc3)nc2)CC1. The summed E-state index contributed by atoms with van der Waals surface area (Å²) < 4.78 is 4.99. The number of ether oxygens (including phenoxy) is 1. The molecule has 1 N–H and O–H groups in total. The maximum absolute atomic E-state index is 12.4. The molecule has 0 aliphatic carbocycles. The van der Waals surface area contributed by atoms with Gasteiger partial charge in [-0.1, -0.05) is 0 Å². The highest BCUT2D eigenvalue weighted by Gasteiger charge is 2.25. The molecule has 1 aliphatic heterocycles. The summed E-state index contributed by atoms with van der Waals surface area (Å²) in [5, 5.41) is 2.98. The third-order valence-electron chi connectivity index (χ3n) is 4.19. The highest BCUT2D eigenvalue weighted by atomic mass is 16.6. The maximum atomic E-state index is 12.4. The van der Waals surface area contributed by atoms with Crippen molar-refractivity contribution >= 4 is 12.0 Å². The summed E-state index contributed by atoms with van der Waals surface area (Å²) in [6, 6.07) is 3.69. The van der Waals surface area contributed by atoms with Crippen molar-refractivity contribution in [2.24, 2.45) is 0 Å². The van der Waals surface area contributed by atoms with Crippen LogP contribution in [0.3, 0.4) is 0 Å². The first-order valence-electron chi connectivity index (χ1n) is 8.62. The molecule has 0 radical (unpaired) electrons. The number of piperidine rings is 1. The van der Waals surface area contributed by atoms with Crippen LogP contribution in [0.1, 0.15) is 30.1 Å². The first-order valence-corrected chi connectivity index (χ1v) is 8.62. The van der Waals surface area contributed by atoms with Gasteiger partial charge in [0, 0.05) is 49.5 Å². The quantitative estimate of drug-likeness (QED) is 0.899. The highest BCUT2D eigenvalue weighted by Crippen LogP contribution is 2.14. The van der Waals surface area contributed by atoms with Crippen molar-refractivity contribution < 1.29 is 14.3 Å². The summed E-state index contributed by atoms with van der Waals surface area (Å²) >= 11 is 0. The second-order valence-electron chi connectivity index (χ2n) is 5.97. The van der Waals surface area contributed by atoms with Crippen molar-refractivity contribution in [3.05, 3.63) is 42.5 Å². The van der Waals surface area contributed by atoms with Crippen molar-refractivity contribution in [2.75, 3.05) is 19.7 Å². The minimum atomic E-state index is -0.295. The third-order valence-corrected chi connectivity index (χ3v) is 4.19. The summed E-state index contributed by atoms with van der Waals surface area (Å²) in [5.41, 5.74) is 1.20. The van der Waals surface area contributed by atoms with Gasteiger partial charge in [0.25, 0.3) is 5.91 Å². The van der Waals surface area contributed by atoms with Gasteiger partial charge in [0.1, 0.15) is 0 Å². The maximum Gasteiger partial charge on any atom is 0.409 e. The molecule has 2 amide bonds. The molecule has 1 aliphatic rings. The number of likely N-dealkylation sites (tertiary alicyclic amines) is 1. The van der Waals surface area contributed by atoms with Crippen LogP contribution in [0, 0.1) is 0 Å². The lowest BCUT2D eigenvalue weighted by Crippen LogP contribution is -2.46. The molecule has 1 fully saturated rings. The third kappa shape index (κ3) is 4.33. The fraction of sp³-hybridized carbons (Fsp3) is 0.389. The standard InChI is InChI=1S/C18H21N5O3/c1-2-26-18(25)23-8-5-15(6-9-23)22-17(24)14-11-20-16(21-12-14)13-4-3-7-19-10-13/h3-4,7,10-12,15H,2,5-6,8-9H2,1H3,(H,22,24). The number of carbonyl (C=O) groups excluding carboxylic acids is 2. The minimum Gasteiger partial charge on any atom is -0.450 e. The summed E-state index contributed by atoms with van der Waals surface area (Å²) in [5.74, 6) is 0.315. The Labute approximate surface area is 151 Å². The Kier molecular flexibility index (Phi) is 5.73. The molecule has 136 valence electrons. The number of aromatic nitrogens is 3. The van der Waals surface area contributed by atoms with Gasteiger partial charge in [-0.25, -0.2) is 14.8 Å². The van der Waals surface area contributed by atoms with E-state index in [0.29, 0.717) is 43.9 Å². The lowest BCUT2D eigenvalue weighted by atomic mass is 10.1. The van der Waals surface area contributed by atoms with Crippen LogP contribution in [0.2, 0.25) is 0 Å². The second-order valence-corrected chi connectivity index (χ2v) is 5.97. The number of nitrogens with zero attached hydrogens (tertiary/aromatic N) is 4. The molecule has 0 bridgehead atoms. The average molecular weight is 355 g/mol. The van der Waals surface area contributed by atoms with Crippen LogP contribution < -0.4 is 5.32 Å². The van der Waals surface area contributed by atoms with E-state index in [4.69, 9.17) is 4.74 Å². The van der Waals surface area contributed by atoms with Crippen LogP contribution in [0.25, 0.3) is 11.4 Å². The highest BCUT2D eigenvalue weighted by molar-refractivity contribution is 5.93. The lowest BCUT2D eigenvalue weighted by molar-refractivity contribution is 0.0859. The Balaban J connectivity index is 1.53. The summed E-state index contributed by atoms with van der Waals surface area (Å²) in [7, 11) is 0. The molecule has 2 aromatic rings. The van der Waals surface area contributed by atoms with E-state index < -0.39 is 0 Å². The molecule has 0 spiro atoms. The van der Waals surface area contributed by atoms with Gasteiger partial charge in [-0.3, -0.25) is 9.78 Å². The topological polar surface area (TPSA) is 97.3 Å². The Bertz CT molecular complexity index is 743. The molecular weight excluding hydrogens is 334 g/mol. The van der Waals surface area contributed by atoms with E-state index in [1.54, 1.807) is 24.2 Å². The molecule has 0 atom stereocenters. The van der Waals surface area contributed by atoms with Crippen molar-refractivity contribution in [3.8, 4) is 11.4 Å². The Morgan fingerprint density at radius 2 is 1.96 bits per heavy atom. The van der Waals surface area contributed by atoms with Gasteiger partial charge in [-0.2, -0.15) is 0 Å². The fourth-order valence-electron chi connectivity index (χ4n) is 2.78. The number of amides is 2. The number of hydrogen-bond donors (Lipinski definition) is 1.